The number of ether oxygens (including phenoxy) is 2. The van der Waals surface area contributed by atoms with Gasteiger partial charge >= 0.3 is 0 Å². The fraction of sp³-hybridized carbons (Fsp3) is 0.273. The van der Waals surface area contributed by atoms with E-state index in [9.17, 15) is 13.2 Å². The Bertz CT molecular complexity index is 1160. The molecule has 31 heavy (non-hydrogen) atoms. The van der Waals surface area contributed by atoms with Crippen molar-refractivity contribution < 1.29 is 22.7 Å². The molecule has 3 aromatic rings. The third kappa shape index (κ3) is 6.24. The van der Waals surface area contributed by atoms with Crippen LogP contribution in [0.2, 0.25) is 0 Å². The lowest BCUT2D eigenvalue weighted by molar-refractivity contribution is 0.0954. The number of primary sulfonamides is 1. The number of hydrogen-bond donors (Lipinski definition) is 2. The number of nitrogens with two attached hydrogens (primary N) is 1. The summed E-state index contributed by atoms with van der Waals surface area (Å²) < 4.78 is 34.6. The molecule has 0 saturated carbocycles. The van der Waals surface area contributed by atoms with E-state index in [-0.39, 0.29) is 23.2 Å². The standard InChI is InChI=1S/C22H25N3O5S/c1-2-29-11-12-30-20-8-7-16(13-21(20)31(23,27)28)9-10-24-22(26)18-14-17-5-3-4-6-19(17)25-15-18/h3-8,13-15H,2,9-12H2,1H3,(H,24,26)(H2,23,27,28). The highest BCUT2D eigenvalue weighted by molar-refractivity contribution is 7.89. The molecule has 9 heteroatoms. The van der Waals surface area contributed by atoms with Crippen molar-refractivity contribution in [2.45, 2.75) is 18.2 Å². The maximum atomic E-state index is 12.4. The Balaban J connectivity index is 1.63. The first-order valence-electron chi connectivity index (χ1n) is 9.87. The Morgan fingerprint density at radius 2 is 1.94 bits per heavy atom. The summed E-state index contributed by atoms with van der Waals surface area (Å²) in [5.41, 5.74) is 1.98. The molecule has 8 nitrogen and oxygen atoms in total. The van der Waals surface area contributed by atoms with E-state index in [1.165, 1.54) is 12.3 Å². The van der Waals surface area contributed by atoms with Crippen molar-refractivity contribution in [1.29, 1.82) is 0 Å². The molecule has 0 unspecified atom stereocenters. The van der Waals surface area contributed by atoms with Crippen molar-refractivity contribution in [3.8, 4) is 5.75 Å². The average Bonchev–Trinajstić information content (AvgIpc) is 2.76. The fourth-order valence-corrected chi connectivity index (χ4v) is 3.75. The van der Waals surface area contributed by atoms with Crippen LogP contribution in [-0.4, -0.2) is 45.7 Å². The molecule has 3 N–H and O–H groups in total. The van der Waals surface area contributed by atoms with Crippen LogP contribution in [0.25, 0.3) is 10.9 Å². The van der Waals surface area contributed by atoms with Gasteiger partial charge in [0.15, 0.2) is 0 Å². The van der Waals surface area contributed by atoms with Crippen LogP contribution < -0.4 is 15.2 Å². The van der Waals surface area contributed by atoms with E-state index in [0.717, 1.165) is 10.9 Å². The van der Waals surface area contributed by atoms with E-state index in [2.05, 4.69) is 10.3 Å². The smallest absolute Gasteiger partial charge is 0.252 e. The molecule has 0 aliphatic heterocycles. The monoisotopic (exact) mass is 443 g/mol. The molecule has 1 heterocycles. The minimum Gasteiger partial charge on any atom is -0.490 e. The molecule has 164 valence electrons. The highest BCUT2D eigenvalue weighted by Crippen LogP contribution is 2.24. The number of fused-ring (bicyclic) bond motifs is 1. The number of sulfonamides is 1. The van der Waals surface area contributed by atoms with E-state index in [0.29, 0.717) is 37.3 Å². The zero-order valence-electron chi connectivity index (χ0n) is 17.2. The van der Waals surface area contributed by atoms with Gasteiger partial charge in [-0.1, -0.05) is 24.3 Å². The van der Waals surface area contributed by atoms with Gasteiger partial charge in [-0.3, -0.25) is 9.78 Å². The van der Waals surface area contributed by atoms with Gasteiger partial charge in [0.05, 0.1) is 17.7 Å². The van der Waals surface area contributed by atoms with Crippen LogP contribution in [0.4, 0.5) is 0 Å². The molecule has 0 radical (unpaired) electrons. The summed E-state index contributed by atoms with van der Waals surface area (Å²) in [6.07, 6.45) is 1.96. The molecule has 3 rings (SSSR count). The van der Waals surface area contributed by atoms with E-state index in [1.54, 1.807) is 18.2 Å². The number of carbonyl (C=O) groups excluding carboxylic acids is 1. The second-order valence-corrected chi connectivity index (χ2v) is 8.32. The van der Waals surface area contributed by atoms with E-state index in [4.69, 9.17) is 14.6 Å². The number of nitrogens with one attached hydrogen (secondary N) is 1. The van der Waals surface area contributed by atoms with Gasteiger partial charge in [0.2, 0.25) is 10.0 Å². The molecule has 0 bridgehead atoms. The Morgan fingerprint density at radius 3 is 2.71 bits per heavy atom. The summed E-state index contributed by atoms with van der Waals surface area (Å²) in [6, 6.07) is 14.1. The lowest BCUT2D eigenvalue weighted by Crippen LogP contribution is -2.26. The van der Waals surface area contributed by atoms with Gasteiger partial charge in [0.1, 0.15) is 17.3 Å². The highest BCUT2D eigenvalue weighted by Gasteiger charge is 2.16. The molecule has 0 fully saturated rings. The highest BCUT2D eigenvalue weighted by atomic mass is 32.2. The van der Waals surface area contributed by atoms with Crippen LogP contribution in [0.3, 0.4) is 0 Å². The van der Waals surface area contributed by atoms with Crippen molar-refractivity contribution in [1.82, 2.24) is 10.3 Å². The quantitative estimate of drug-likeness (QED) is 0.464. The first-order chi connectivity index (χ1) is 14.9. The second kappa shape index (κ2) is 10.3. The zero-order valence-corrected chi connectivity index (χ0v) is 18.0. The van der Waals surface area contributed by atoms with E-state index < -0.39 is 10.0 Å². The number of para-hydroxylation sites is 1. The Kier molecular flexibility index (Phi) is 7.56. The molecular weight excluding hydrogens is 418 g/mol. The average molecular weight is 444 g/mol. The molecule has 1 amide bonds. The predicted octanol–water partition coefficient (Wildman–Crippen LogP) is 2.27. The van der Waals surface area contributed by atoms with Crippen molar-refractivity contribution in [2.75, 3.05) is 26.4 Å². The predicted molar refractivity (Wildman–Crippen MR) is 118 cm³/mol. The maximum absolute atomic E-state index is 12.4. The molecule has 0 atom stereocenters. The second-order valence-electron chi connectivity index (χ2n) is 6.79. The van der Waals surface area contributed by atoms with Crippen LogP contribution in [0.5, 0.6) is 5.75 Å². The number of pyridine rings is 1. The van der Waals surface area contributed by atoms with Gasteiger partial charge in [0, 0.05) is 24.7 Å². The lowest BCUT2D eigenvalue weighted by Gasteiger charge is -2.12. The number of amides is 1. The first kappa shape index (κ1) is 22.7. The van der Waals surface area contributed by atoms with Crippen molar-refractivity contribution >= 4 is 26.8 Å². The van der Waals surface area contributed by atoms with Crippen LogP contribution in [0.1, 0.15) is 22.8 Å². The van der Waals surface area contributed by atoms with Crippen LogP contribution in [-0.2, 0) is 21.2 Å². The van der Waals surface area contributed by atoms with Gasteiger partial charge in [-0.15, -0.1) is 0 Å². The molecule has 0 saturated heterocycles. The summed E-state index contributed by atoms with van der Waals surface area (Å²) in [4.78, 5) is 16.6. The van der Waals surface area contributed by atoms with Gasteiger partial charge in [0.25, 0.3) is 5.91 Å². The fourth-order valence-electron chi connectivity index (χ4n) is 3.02. The van der Waals surface area contributed by atoms with Crippen molar-refractivity contribution in [3.63, 3.8) is 0 Å². The Morgan fingerprint density at radius 1 is 1.13 bits per heavy atom. The number of aromatic nitrogens is 1. The Labute approximate surface area is 181 Å². The summed E-state index contributed by atoms with van der Waals surface area (Å²) in [5, 5.41) is 9.05. The largest absolute Gasteiger partial charge is 0.490 e. The number of carbonyl (C=O) groups is 1. The first-order valence-corrected chi connectivity index (χ1v) is 11.4. The third-order valence-electron chi connectivity index (χ3n) is 4.56. The molecule has 2 aromatic carbocycles. The maximum Gasteiger partial charge on any atom is 0.252 e. The Hall–Kier alpha value is -3.01. The van der Waals surface area contributed by atoms with Gasteiger partial charge in [-0.2, -0.15) is 0 Å². The number of nitrogens with zero attached hydrogens (tertiary/aromatic N) is 1. The molecule has 0 aliphatic carbocycles. The summed E-state index contributed by atoms with van der Waals surface area (Å²) in [5.74, 6) is -0.0713. The van der Waals surface area contributed by atoms with Crippen LogP contribution >= 0.6 is 0 Å². The number of benzene rings is 2. The normalized spacial score (nSPS) is 11.4. The zero-order chi connectivity index (χ0) is 22.3. The van der Waals surface area contributed by atoms with Crippen molar-refractivity contribution in [3.05, 3.63) is 65.9 Å². The minimum absolute atomic E-state index is 0.0912. The number of hydrogen-bond acceptors (Lipinski definition) is 6. The molecule has 1 aromatic heterocycles. The summed E-state index contributed by atoms with van der Waals surface area (Å²) >= 11 is 0. The van der Waals surface area contributed by atoms with Crippen LogP contribution in [0.15, 0.2) is 59.6 Å². The van der Waals surface area contributed by atoms with Gasteiger partial charge < -0.3 is 14.8 Å². The lowest BCUT2D eigenvalue weighted by atomic mass is 10.1. The van der Waals surface area contributed by atoms with E-state index >= 15 is 0 Å². The molecule has 0 spiro atoms. The third-order valence-corrected chi connectivity index (χ3v) is 5.49. The topological polar surface area (TPSA) is 121 Å². The van der Waals surface area contributed by atoms with Gasteiger partial charge in [-0.25, -0.2) is 13.6 Å². The van der Waals surface area contributed by atoms with E-state index in [1.807, 2.05) is 31.2 Å². The molecule has 0 aliphatic rings. The number of rotatable bonds is 10. The SMILES string of the molecule is CCOCCOc1ccc(CCNC(=O)c2cnc3ccccc3c2)cc1S(N)(=O)=O. The molecular formula is C22H25N3O5S. The summed E-state index contributed by atoms with van der Waals surface area (Å²) in [6.45, 7) is 3.29. The van der Waals surface area contributed by atoms with Gasteiger partial charge in [-0.05, 0) is 43.2 Å². The van der Waals surface area contributed by atoms with Crippen LogP contribution in [0, 0.1) is 0 Å². The minimum atomic E-state index is -3.97. The van der Waals surface area contributed by atoms with Crippen molar-refractivity contribution in [2.24, 2.45) is 5.14 Å². The summed E-state index contributed by atoms with van der Waals surface area (Å²) in [7, 11) is -3.97.